The molecule has 0 saturated carbocycles. The molecule has 0 aliphatic rings. The zero-order valence-corrected chi connectivity index (χ0v) is 2.77. The van der Waals surface area contributed by atoms with Crippen LogP contribution in [0.5, 0.6) is 0 Å². The summed E-state index contributed by atoms with van der Waals surface area (Å²) in [5.41, 5.74) is 0. The quantitative estimate of drug-likeness (QED) is 0.454. The second-order valence-electron chi connectivity index (χ2n) is 0.644. The molecule has 0 unspecified atom stereocenters. The van der Waals surface area contributed by atoms with E-state index in [1.807, 2.05) is 0 Å². The summed E-state index contributed by atoms with van der Waals surface area (Å²) >= 11 is 0. The Kier molecular flexibility index (Phi) is 8.83. The van der Waals surface area contributed by atoms with Crippen molar-refractivity contribution >= 4 is 35.5 Å². The van der Waals surface area contributed by atoms with Crippen LogP contribution in [0.15, 0.2) is 0 Å². The molecule has 0 heterocycles. The van der Waals surface area contributed by atoms with Crippen LogP contribution in [0, 0.1) is 6.92 Å². The summed E-state index contributed by atoms with van der Waals surface area (Å²) in [6, 6.07) is 0. The van der Waals surface area contributed by atoms with Crippen LogP contribution in [0.2, 0.25) is 0 Å². The van der Waals surface area contributed by atoms with Crippen LogP contribution < -0.4 is 0 Å². The zero-order valence-electron chi connectivity index (χ0n) is 2.77. The summed E-state index contributed by atoms with van der Waals surface area (Å²) < 4.78 is 0. The van der Waals surface area contributed by atoms with Crippen LogP contribution in [0.3, 0.4) is 0 Å². The van der Waals surface area contributed by atoms with E-state index < -0.39 is 5.97 Å². The molecule has 0 aromatic carbocycles. The molecular weight excluding hydrogens is 91.0 g/mol. The van der Waals surface area contributed by atoms with E-state index in [4.69, 9.17) is 5.11 Å². The van der Waals surface area contributed by atoms with Gasteiger partial charge in [-0.1, -0.05) is 0 Å². The molecule has 6 heavy (non-hydrogen) atoms. The summed E-state index contributed by atoms with van der Waals surface area (Å²) in [4.78, 5) is 9.31. The Morgan fingerprint density at radius 3 is 2.00 bits per heavy atom. The molecule has 0 aliphatic carbocycles. The molecule has 3 heteroatoms. The number of carbonyl (C=O) groups is 1. The van der Waals surface area contributed by atoms with Gasteiger partial charge in [0.15, 0.2) is 0 Å². The first-order valence-corrected chi connectivity index (χ1v) is 1.28. The van der Waals surface area contributed by atoms with E-state index in [9.17, 15) is 4.79 Å². The minimum absolute atomic E-state index is 0. The van der Waals surface area contributed by atoms with Crippen LogP contribution in [0.25, 0.3) is 0 Å². The monoisotopic (exact) mass is 97.0 g/mol. The van der Waals surface area contributed by atoms with Gasteiger partial charge in [-0.25, -0.2) is 0 Å². The van der Waals surface area contributed by atoms with E-state index in [-0.39, 0.29) is 36.0 Å². The van der Waals surface area contributed by atoms with Crippen molar-refractivity contribution in [3.8, 4) is 0 Å². The fraction of sp³-hybridized carbons (Fsp3) is 0.333. The van der Waals surface area contributed by atoms with Crippen molar-refractivity contribution in [2.75, 3.05) is 0 Å². The van der Waals surface area contributed by atoms with Gasteiger partial charge in [0.2, 0.25) is 0 Å². The van der Waals surface area contributed by atoms with Crippen molar-refractivity contribution in [3.05, 3.63) is 6.92 Å². The number of aliphatic carboxylic acids is 1. The maximum atomic E-state index is 9.31. The summed E-state index contributed by atoms with van der Waals surface area (Å²) in [6.07, 6.45) is -0.0278. The predicted molar refractivity (Wildman–Crippen MR) is 24.8 cm³/mol. The molecule has 0 bridgehead atoms. The molecule has 1 N–H and O–H groups in total. The van der Waals surface area contributed by atoms with Crippen molar-refractivity contribution < 1.29 is 9.90 Å². The fourth-order valence-electron chi connectivity index (χ4n) is 0. The Morgan fingerprint density at radius 2 is 2.00 bits per heavy atom. The Labute approximate surface area is 58.8 Å². The summed E-state index contributed by atoms with van der Waals surface area (Å²) in [5, 5.41) is 7.66. The van der Waals surface area contributed by atoms with Gasteiger partial charge < -0.3 is 5.11 Å². The first-order valence-electron chi connectivity index (χ1n) is 1.28. The molecule has 0 rings (SSSR count). The standard InChI is InChI=1S/C3H5O2.Na.H/c1-2-3(4)5;;/h1-2H2,(H,4,5);;. The Bertz CT molecular complexity index is 44.1. The number of carboxylic acids is 1. The average molecular weight is 97.1 g/mol. The summed E-state index contributed by atoms with van der Waals surface area (Å²) in [5.74, 6) is -0.856. The number of hydrogen-bond acceptors (Lipinski definition) is 1. The summed E-state index contributed by atoms with van der Waals surface area (Å²) in [7, 11) is 0. The molecule has 0 aromatic heterocycles. The van der Waals surface area contributed by atoms with E-state index in [0.717, 1.165) is 0 Å². The number of rotatable bonds is 1. The van der Waals surface area contributed by atoms with Crippen molar-refractivity contribution in [2.24, 2.45) is 0 Å². The van der Waals surface area contributed by atoms with Crippen LogP contribution in [0.4, 0.5) is 0 Å². The molecule has 0 spiro atoms. The van der Waals surface area contributed by atoms with Crippen LogP contribution in [-0.4, -0.2) is 40.6 Å². The van der Waals surface area contributed by atoms with E-state index in [1.165, 1.54) is 0 Å². The topological polar surface area (TPSA) is 37.3 Å². The van der Waals surface area contributed by atoms with E-state index in [1.54, 1.807) is 0 Å². The second kappa shape index (κ2) is 5.47. The van der Waals surface area contributed by atoms with E-state index in [0.29, 0.717) is 0 Å². The third-order valence-corrected chi connectivity index (χ3v) is 0.214. The van der Waals surface area contributed by atoms with Crippen LogP contribution in [0.1, 0.15) is 6.42 Å². The third-order valence-electron chi connectivity index (χ3n) is 0.214. The third kappa shape index (κ3) is 8.82. The predicted octanol–water partition coefficient (Wildman–Crippen LogP) is -0.353. The van der Waals surface area contributed by atoms with Gasteiger partial charge in [0.25, 0.3) is 0 Å². The van der Waals surface area contributed by atoms with Gasteiger partial charge in [0.1, 0.15) is 0 Å². The van der Waals surface area contributed by atoms with Crippen molar-refractivity contribution in [1.82, 2.24) is 0 Å². The molecule has 0 aliphatic heterocycles. The molecule has 2 nitrogen and oxygen atoms in total. The van der Waals surface area contributed by atoms with Crippen molar-refractivity contribution in [2.45, 2.75) is 6.42 Å². The minimum atomic E-state index is -0.856. The average Bonchev–Trinajstić information content (AvgIpc) is 1.38. The van der Waals surface area contributed by atoms with Gasteiger partial charge >= 0.3 is 35.5 Å². The second-order valence-corrected chi connectivity index (χ2v) is 0.644. The van der Waals surface area contributed by atoms with Crippen molar-refractivity contribution in [3.63, 3.8) is 0 Å². The Hall–Kier alpha value is 0.470. The van der Waals surface area contributed by atoms with Gasteiger partial charge in [-0.2, -0.15) is 0 Å². The summed E-state index contributed by atoms with van der Waals surface area (Å²) in [6.45, 7) is 3.09. The Balaban J connectivity index is 0. The van der Waals surface area contributed by atoms with E-state index in [2.05, 4.69) is 6.92 Å². The van der Waals surface area contributed by atoms with Crippen molar-refractivity contribution in [1.29, 1.82) is 0 Å². The molecule has 0 atom stereocenters. The molecule has 1 radical (unpaired) electrons. The molecule has 0 amide bonds. The molecule has 0 aromatic rings. The van der Waals surface area contributed by atoms with E-state index >= 15 is 0 Å². The molecule has 0 fully saturated rings. The molecule has 31 valence electrons. The molecule has 0 saturated heterocycles. The first-order chi connectivity index (χ1) is 2.27. The van der Waals surface area contributed by atoms with Gasteiger partial charge in [-0.05, 0) is 6.92 Å². The Morgan fingerprint density at radius 1 is 1.83 bits per heavy atom. The van der Waals surface area contributed by atoms with Gasteiger partial charge in [-0.3, -0.25) is 4.79 Å². The SMILES string of the molecule is [CH2]CC(=O)O.[NaH]. The van der Waals surface area contributed by atoms with Gasteiger partial charge in [0, 0.05) is 6.42 Å². The van der Waals surface area contributed by atoms with Crippen LogP contribution >= 0.6 is 0 Å². The number of carboxylic acid groups (broad SMARTS) is 1. The zero-order chi connectivity index (χ0) is 4.28. The van der Waals surface area contributed by atoms with Crippen LogP contribution in [-0.2, 0) is 4.79 Å². The maximum absolute atomic E-state index is 9.31. The normalized spacial score (nSPS) is 6.17. The molecular formula is C3H6NaO2. The first kappa shape index (κ1) is 9.69. The fourth-order valence-corrected chi connectivity index (χ4v) is 0. The van der Waals surface area contributed by atoms with Gasteiger partial charge in [-0.15, -0.1) is 0 Å². The number of hydrogen-bond donors (Lipinski definition) is 1. The van der Waals surface area contributed by atoms with Gasteiger partial charge in [0.05, 0.1) is 0 Å².